The molecular formula is C18H24ClN3O3S. The summed E-state index contributed by atoms with van der Waals surface area (Å²) in [6.07, 6.45) is 0.578. The van der Waals surface area contributed by atoms with E-state index >= 15 is 0 Å². The molecule has 0 fully saturated rings. The van der Waals surface area contributed by atoms with Gasteiger partial charge in [-0.05, 0) is 36.6 Å². The van der Waals surface area contributed by atoms with Crippen LogP contribution in [0, 0.1) is 6.92 Å². The highest BCUT2D eigenvalue weighted by atomic mass is 35.5. The van der Waals surface area contributed by atoms with E-state index in [1.54, 1.807) is 13.0 Å². The first-order valence-electron chi connectivity index (χ1n) is 8.01. The Labute approximate surface area is 160 Å². The van der Waals surface area contributed by atoms with Crippen LogP contribution in [0.2, 0.25) is 0 Å². The summed E-state index contributed by atoms with van der Waals surface area (Å²) >= 11 is 0. The average molecular weight is 398 g/mol. The number of hydrogen-bond acceptors (Lipinski definition) is 4. The molecule has 0 atom stereocenters. The van der Waals surface area contributed by atoms with Crippen LogP contribution >= 0.6 is 12.4 Å². The van der Waals surface area contributed by atoms with Crippen molar-refractivity contribution in [2.45, 2.75) is 18.2 Å². The van der Waals surface area contributed by atoms with Crippen molar-refractivity contribution in [3.05, 3.63) is 65.2 Å². The maximum atomic E-state index is 12.9. The fraction of sp³-hybridized carbons (Fsp3) is 0.278. The van der Waals surface area contributed by atoms with Crippen LogP contribution in [-0.4, -0.2) is 38.3 Å². The lowest BCUT2D eigenvalue weighted by Gasteiger charge is -2.22. The number of sulfonamides is 1. The number of halogens is 1. The van der Waals surface area contributed by atoms with Crippen LogP contribution in [0.25, 0.3) is 0 Å². The maximum Gasteiger partial charge on any atom is 0.249 e. The van der Waals surface area contributed by atoms with Gasteiger partial charge in [-0.2, -0.15) is 4.31 Å². The Hall–Kier alpha value is -1.93. The van der Waals surface area contributed by atoms with E-state index in [9.17, 15) is 13.2 Å². The molecule has 0 radical (unpaired) electrons. The molecular weight excluding hydrogens is 374 g/mol. The fourth-order valence-electron chi connectivity index (χ4n) is 2.57. The summed E-state index contributed by atoms with van der Waals surface area (Å²) in [4.78, 5) is 11.6. The van der Waals surface area contributed by atoms with Gasteiger partial charge in [0.05, 0.1) is 4.90 Å². The van der Waals surface area contributed by atoms with Gasteiger partial charge in [-0.3, -0.25) is 4.79 Å². The Bertz CT molecular complexity index is 842. The number of nitrogens with two attached hydrogens (primary N) is 2. The maximum absolute atomic E-state index is 12.9. The average Bonchev–Trinajstić information content (AvgIpc) is 2.59. The zero-order valence-electron chi connectivity index (χ0n) is 14.6. The lowest BCUT2D eigenvalue weighted by Crippen LogP contribution is -2.37. The highest BCUT2D eigenvalue weighted by Gasteiger charge is 2.25. The van der Waals surface area contributed by atoms with Gasteiger partial charge >= 0.3 is 0 Å². The summed E-state index contributed by atoms with van der Waals surface area (Å²) in [5, 5.41) is 0. The summed E-state index contributed by atoms with van der Waals surface area (Å²) in [5.41, 5.74) is 12.8. The lowest BCUT2D eigenvalue weighted by molar-refractivity contribution is 0.0999. The zero-order valence-corrected chi connectivity index (χ0v) is 16.2. The van der Waals surface area contributed by atoms with E-state index < -0.39 is 15.9 Å². The molecule has 0 unspecified atom stereocenters. The van der Waals surface area contributed by atoms with Crippen LogP contribution in [0.1, 0.15) is 21.5 Å². The third-order valence-corrected chi connectivity index (χ3v) is 5.88. The van der Waals surface area contributed by atoms with Crippen molar-refractivity contribution >= 4 is 28.3 Å². The molecule has 0 bridgehead atoms. The number of carbonyl (C=O) groups excluding carboxylic acids is 1. The van der Waals surface area contributed by atoms with E-state index in [4.69, 9.17) is 11.5 Å². The van der Waals surface area contributed by atoms with Crippen LogP contribution < -0.4 is 11.5 Å². The van der Waals surface area contributed by atoms with E-state index in [1.165, 1.54) is 16.4 Å². The van der Waals surface area contributed by atoms with Crippen molar-refractivity contribution in [2.75, 3.05) is 19.6 Å². The van der Waals surface area contributed by atoms with Gasteiger partial charge in [0.1, 0.15) is 0 Å². The molecule has 2 aromatic rings. The summed E-state index contributed by atoms with van der Waals surface area (Å²) in [5.74, 6) is -0.649. The summed E-state index contributed by atoms with van der Waals surface area (Å²) in [6, 6.07) is 14.0. The quantitative estimate of drug-likeness (QED) is 0.706. The molecule has 0 heterocycles. The summed E-state index contributed by atoms with van der Waals surface area (Å²) < 4.78 is 27.2. The minimum absolute atomic E-state index is 0. The van der Waals surface area contributed by atoms with Crippen molar-refractivity contribution in [3.63, 3.8) is 0 Å². The Morgan fingerprint density at radius 2 is 1.73 bits per heavy atom. The van der Waals surface area contributed by atoms with Crippen molar-refractivity contribution in [1.82, 2.24) is 4.31 Å². The molecule has 0 saturated carbocycles. The first-order chi connectivity index (χ1) is 11.9. The zero-order chi connectivity index (χ0) is 18.4. The van der Waals surface area contributed by atoms with E-state index in [2.05, 4.69) is 0 Å². The Morgan fingerprint density at radius 1 is 1.08 bits per heavy atom. The van der Waals surface area contributed by atoms with Crippen molar-refractivity contribution < 1.29 is 13.2 Å². The number of primary amides is 1. The molecule has 0 aliphatic rings. The third kappa shape index (κ3) is 5.28. The second-order valence-corrected chi connectivity index (χ2v) is 7.71. The van der Waals surface area contributed by atoms with Gasteiger partial charge in [0.15, 0.2) is 0 Å². The number of amides is 1. The molecule has 0 aliphatic heterocycles. The second-order valence-electron chi connectivity index (χ2n) is 5.77. The van der Waals surface area contributed by atoms with Crippen LogP contribution in [-0.2, 0) is 16.4 Å². The topological polar surface area (TPSA) is 106 Å². The van der Waals surface area contributed by atoms with Gasteiger partial charge in [-0.1, -0.05) is 36.4 Å². The van der Waals surface area contributed by atoms with Gasteiger partial charge in [-0.25, -0.2) is 8.42 Å². The van der Waals surface area contributed by atoms with E-state index in [-0.39, 0.29) is 36.0 Å². The lowest BCUT2D eigenvalue weighted by atomic mass is 10.1. The first kappa shape index (κ1) is 22.1. The first-order valence-corrected chi connectivity index (χ1v) is 9.45. The van der Waals surface area contributed by atoms with Gasteiger partial charge in [-0.15, -0.1) is 12.4 Å². The molecule has 0 spiro atoms. The molecule has 142 valence electrons. The van der Waals surface area contributed by atoms with E-state index in [0.717, 1.165) is 5.56 Å². The standard InChI is InChI=1S/C18H23N3O3S.ClH/c1-14-7-8-16(13-17(14)18(20)22)25(23,24)21(12-10-19)11-9-15-5-3-2-4-6-15;/h2-8,13H,9-12,19H2,1H3,(H2,20,22);1H. The normalized spacial score (nSPS) is 11.2. The van der Waals surface area contributed by atoms with Crippen LogP contribution in [0.15, 0.2) is 53.4 Å². The van der Waals surface area contributed by atoms with Crippen molar-refractivity contribution in [3.8, 4) is 0 Å². The Kier molecular flexibility index (Phi) is 8.23. The van der Waals surface area contributed by atoms with Crippen molar-refractivity contribution in [1.29, 1.82) is 0 Å². The molecule has 0 saturated heterocycles. The summed E-state index contributed by atoms with van der Waals surface area (Å²) in [6.45, 7) is 2.43. The fourth-order valence-corrected chi connectivity index (χ4v) is 4.05. The minimum atomic E-state index is -3.76. The molecule has 26 heavy (non-hydrogen) atoms. The monoisotopic (exact) mass is 397 g/mol. The van der Waals surface area contributed by atoms with Gasteiger partial charge in [0.25, 0.3) is 0 Å². The number of rotatable bonds is 8. The Balaban J connectivity index is 0.00000338. The second kappa shape index (κ2) is 9.68. The predicted octanol–water partition coefficient (Wildman–Crippen LogP) is 1.71. The smallest absolute Gasteiger partial charge is 0.249 e. The van der Waals surface area contributed by atoms with Crippen LogP contribution in [0.5, 0.6) is 0 Å². The predicted molar refractivity (Wildman–Crippen MR) is 105 cm³/mol. The minimum Gasteiger partial charge on any atom is -0.366 e. The molecule has 1 amide bonds. The van der Waals surface area contributed by atoms with E-state index in [1.807, 2.05) is 30.3 Å². The molecule has 4 N–H and O–H groups in total. The van der Waals surface area contributed by atoms with Gasteiger partial charge in [0.2, 0.25) is 15.9 Å². The third-order valence-electron chi connectivity index (χ3n) is 3.98. The Morgan fingerprint density at radius 3 is 2.31 bits per heavy atom. The highest BCUT2D eigenvalue weighted by Crippen LogP contribution is 2.20. The number of hydrogen-bond donors (Lipinski definition) is 2. The molecule has 0 aliphatic carbocycles. The summed E-state index contributed by atoms with van der Waals surface area (Å²) in [7, 11) is -3.76. The van der Waals surface area contributed by atoms with Gasteiger partial charge in [0, 0.05) is 25.2 Å². The largest absolute Gasteiger partial charge is 0.366 e. The van der Waals surface area contributed by atoms with Crippen molar-refractivity contribution in [2.24, 2.45) is 11.5 Å². The number of carbonyl (C=O) groups is 1. The molecule has 2 rings (SSSR count). The molecule has 8 heteroatoms. The SMILES string of the molecule is Cc1ccc(S(=O)(=O)N(CCN)CCc2ccccc2)cc1C(N)=O.Cl. The van der Waals surface area contributed by atoms with Crippen LogP contribution in [0.3, 0.4) is 0 Å². The number of nitrogens with zero attached hydrogens (tertiary/aromatic N) is 1. The number of benzene rings is 2. The molecule has 2 aromatic carbocycles. The molecule has 0 aromatic heterocycles. The molecule has 6 nitrogen and oxygen atoms in total. The van der Waals surface area contributed by atoms with Crippen LogP contribution in [0.4, 0.5) is 0 Å². The number of aryl methyl sites for hydroxylation is 1. The highest BCUT2D eigenvalue weighted by molar-refractivity contribution is 7.89. The van der Waals surface area contributed by atoms with Gasteiger partial charge < -0.3 is 11.5 Å². The van der Waals surface area contributed by atoms with E-state index in [0.29, 0.717) is 18.5 Å².